The van der Waals surface area contributed by atoms with Crippen molar-refractivity contribution in [1.82, 2.24) is 0 Å². The molecule has 0 aromatic rings. The first kappa shape index (κ1) is 11.4. The van der Waals surface area contributed by atoms with E-state index in [-0.39, 0.29) is 6.42 Å². The van der Waals surface area contributed by atoms with Crippen LogP contribution in [-0.2, 0) is 4.79 Å². The molecule has 0 fully saturated rings. The molecule has 72 valence electrons. The zero-order valence-electron chi connectivity index (χ0n) is 7.92. The monoisotopic (exact) mass is 173 g/mol. The number of carboxylic acid groups (broad SMARTS) is 1. The number of carboxylic acids is 1. The summed E-state index contributed by atoms with van der Waals surface area (Å²) in [6.07, 6.45) is 2.02. The van der Waals surface area contributed by atoms with Crippen molar-refractivity contribution in [2.75, 3.05) is 6.54 Å². The van der Waals surface area contributed by atoms with E-state index in [0.717, 1.165) is 12.8 Å². The fourth-order valence-corrected chi connectivity index (χ4v) is 1.18. The van der Waals surface area contributed by atoms with Gasteiger partial charge in [0.1, 0.15) is 0 Å². The minimum Gasteiger partial charge on any atom is -0.481 e. The van der Waals surface area contributed by atoms with Crippen molar-refractivity contribution in [2.45, 2.75) is 33.1 Å². The van der Waals surface area contributed by atoms with Crippen molar-refractivity contribution < 1.29 is 9.90 Å². The second-order valence-corrected chi connectivity index (χ2v) is 3.46. The Balaban J connectivity index is 3.55. The second-order valence-electron chi connectivity index (χ2n) is 3.46. The van der Waals surface area contributed by atoms with Crippen LogP contribution in [0.15, 0.2) is 0 Å². The van der Waals surface area contributed by atoms with Crippen molar-refractivity contribution in [1.29, 1.82) is 0 Å². The molecule has 2 atom stereocenters. The lowest BCUT2D eigenvalue weighted by Gasteiger charge is -2.17. The zero-order chi connectivity index (χ0) is 9.56. The Hall–Kier alpha value is -0.570. The van der Waals surface area contributed by atoms with Crippen LogP contribution in [-0.4, -0.2) is 17.6 Å². The van der Waals surface area contributed by atoms with Crippen LogP contribution in [0.25, 0.3) is 0 Å². The second kappa shape index (κ2) is 6.00. The molecule has 0 spiro atoms. The molecule has 0 radical (unpaired) electrons. The van der Waals surface area contributed by atoms with E-state index >= 15 is 0 Å². The lowest BCUT2D eigenvalue weighted by Crippen LogP contribution is -2.14. The van der Waals surface area contributed by atoms with Gasteiger partial charge in [0.05, 0.1) is 0 Å². The third-order valence-electron chi connectivity index (χ3n) is 2.41. The van der Waals surface area contributed by atoms with Gasteiger partial charge in [0.15, 0.2) is 0 Å². The highest BCUT2D eigenvalue weighted by Crippen LogP contribution is 2.19. The quantitative estimate of drug-likeness (QED) is 0.639. The lowest BCUT2D eigenvalue weighted by molar-refractivity contribution is -0.137. The molecule has 0 bridgehead atoms. The number of rotatable bonds is 6. The van der Waals surface area contributed by atoms with Crippen LogP contribution in [0.3, 0.4) is 0 Å². The average Bonchev–Trinajstić information content (AvgIpc) is 2.00. The third-order valence-corrected chi connectivity index (χ3v) is 2.41. The maximum absolute atomic E-state index is 10.3. The van der Waals surface area contributed by atoms with Crippen molar-refractivity contribution in [3.05, 3.63) is 0 Å². The Kier molecular flexibility index (Phi) is 5.72. The van der Waals surface area contributed by atoms with E-state index in [0.29, 0.717) is 18.4 Å². The van der Waals surface area contributed by atoms with Gasteiger partial charge < -0.3 is 10.8 Å². The highest BCUT2D eigenvalue weighted by molar-refractivity contribution is 5.66. The average molecular weight is 173 g/mol. The minimum absolute atomic E-state index is 0.274. The first-order valence-electron chi connectivity index (χ1n) is 4.49. The molecule has 0 aromatic carbocycles. The Bertz CT molecular complexity index is 136. The first-order valence-corrected chi connectivity index (χ1v) is 4.49. The molecule has 0 saturated heterocycles. The summed E-state index contributed by atoms with van der Waals surface area (Å²) >= 11 is 0. The largest absolute Gasteiger partial charge is 0.481 e. The van der Waals surface area contributed by atoms with E-state index in [4.69, 9.17) is 10.8 Å². The molecule has 0 aliphatic heterocycles. The normalized spacial score (nSPS) is 15.6. The fraction of sp³-hybridized carbons (Fsp3) is 0.889. The topological polar surface area (TPSA) is 63.3 Å². The van der Waals surface area contributed by atoms with E-state index < -0.39 is 5.97 Å². The first-order chi connectivity index (χ1) is 5.57. The molecule has 0 heterocycles. The van der Waals surface area contributed by atoms with Gasteiger partial charge in [-0.15, -0.1) is 0 Å². The molecule has 3 heteroatoms. The summed E-state index contributed by atoms with van der Waals surface area (Å²) in [5.74, 6) is 0.292. The van der Waals surface area contributed by atoms with E-state index in [1.807, 2.05) is 0 Å². The fourth-order valence-electron chi connectivity index (χ4n) is 1.18. The van der Waals surface area contributed by atoms with E-state index in [9.17, 15) is 4.79 Å². The summed E-state index contributed by atoms with van der Waals surface area (Å²) in [7, 11) is 0. The van der Waals surface area contributed by atoms with Gasteiger partial charge in [-0.1, -0.05) is 13.8 Å². The van der Waals surface area contributed by atoms with E-state index in [2.05, 4.69) is 13.8 Å². The summed E-state index contributed by atoms with van der Waals surface area (Å²) in [5.41, 5.74) is 5.41. The molecule has 0 aromatic heterocycles. The van der Waals surface area contributed by atoms with Crippen LogP contribution in [0.5, 0.6) is 0 Å². The highest BCUT2D eigenvalue weighted by Gasteiger charge is 2.12. The smallest absolute Gasteiger partial charge is 0.303 e. The Labute approximate surface area is 74.0 Å². The van der Waals surface area contributed by atoms with Gasteiger partial charge in [0, 0.05) is 6.42 Å². The molecule has 3 N–H and O–H groups in total. The number of aliphatic carboxylic acids is 1. The number of nitrogens with two attached hydrogens (primary N) is 1. The van der Waals surface area contributed by atoms with Gasteiger partial charge in [-0.2, -0.15) is 0 Å². The Morgan fingerprint density at radius 3 is 2.25 bits per heavy atom. The Morgan fingerprint density at radius 1 is 1.33 bits per heavy atom. The summed E-state index contributed by atoms with van der Waals surface area (Å²) in [6.45, 7) is 4.90. The van der Waals surface area contributed by atoms with Crippen molar-refractivity contribution in [3.63, 3.8) is 0 Å². The van der Waals surface area contributed by atoms with Crippen LogP contribution in [0, 0.1) is 11.8 Å². The predicted molar refractivity (Wildman–Crippen MR) is 48.9 cm³/mol. The summed E-state index contributed by atoms with van der Waals surface area (Å²) in [5, 5.41) is 8.45. The number of hydrogen-bond acceptors (Lipinski definition) is 2. The molecule has 0 aliphatic rings. The van der Waals surface area contributed by atoms with Gasteiger partial charge in [-0.25, -0.2) is 0 Å². The standard InChI is InChI=1S/C9H19NO2/c1-7(3-4-9(11)12)8(2)5-6-10/h7-8H,3-6,10H2,1-2H3,(H,11,12). The maximum Gasteiger partial charge on any atom is 0.303 e. The van der Waals surface area contributed by atoms with Gasteiger partial charge in [-0.05, 0) is 31.2 Å². The molecule has 2 unspecified atom stereocenters. The van der Waals surface area contributed by atoms with Crippen LogP contribution in [0.4, 0.5) is 0 Å². The van der Waals surface area contributed by atoms with Crippen LogP contribution in [0.1, 0.15) is 33.1 Å². The molecular formula is C9H19NO2. The molecule has 0 aliphatic carbocycles. The molecule has 0 amide bonds. The predicted octanol–water partition coefficient (Wildman–Crippen LogP) is 1.47. The lowest BCUT2D eigenvalue weighted by atomic mass is 9.89. The molecular weight excluding hydrogens is 154 g/mol. The van der Waals surface area contributed by atoms with Gasteiger partial charge in [-0.3, -0.25) is 4.79 Å². The summed E-state index contributed by atoms with van der Waals surface area (Å²) in [6, 6.07) is 0. The van der Waals surface area contributed by atoms with Gasteiger partial charge in [0.2, 0.25) is 0 Å². The maximum atomic E-state index is 10.3. The van der Waals surface area contributed by atoms with Crippen LogP contribution in [0.2, 0.25) is 0 Å². The Morgan fingerprint density at radius 2 is 1.83 bits per heavy atom. The number of carbonyl (C=O) groups is 1. The van der Waals surface area contributed by atoms with Gasteiger partial charge in [0.25, 0.3) is 0 Å². The van der Waals surface area contributed by atoms with Crippen molar-refractivity contribution in [3.8, 4) is 0 Å². The molecule has 3 nitrogen and oxygen atoms in total. The highest BCUT2D eigenvalue weighted by atomic mass is 16.4. The zero-order valence-corrected chi connectivity index (χ0v) is 7.92. The van der Waals surface area contributed by atoms with E-state index in [1.165, 1.54) is 0 Å². The molecule has 0 rings (SSSR count). The van der Waals surface area contributed by atoms with E-state index in [1.54, 1.807) is 0 Å². The van der Waals surface area contributed by atoms with Crippen molar-refractivity contribution >= 4 is 5.97 Å². The molecule has 12 heavy (non-hydrogen) atoms. The summed E-state index contributed by atoms with van der Waals surface area (Å²) < 4.78 is 0. The SMILES string of the molecule is CC(CCN)C(C)CCC(=O)O. The molecule has 0 saturated carbocycles. The van der Waals surface area contributed by atoms with Gasteiger partial charge >= 0.3 is 5.97 Å². The summed E-state index contributed by atoms with van der Waals surface area (Å²) in [4.78, 5) is 10.3. The minimum atomic E-state index is -0.707. The van der Waals surface area contributed by atoms with Crippen LogP contribution < -0.4 is 5.73 Å². The van der Waals surface area contributed by atoms with Crippen molar-refractivity contribution in [2.24, 2.45) is 17.6 Å². The third kappa shape index (κ3) is 5.13. The van der Waals surface area contributed by atoms with Crippen LogP contribution >= 0.6 is 0 Å². The number of hydrogen-bond donors (Lipinski definition) is 2.